The van der Waals surface area contributed by atoms with Crippen LogP contribution in [0.5, 0.6) is 0 Å². The van der Waals surface area contributed by atoms with Gasteiger partial charge in [0.2, 0.25) is 0 Å². The van der Waals surface area contributed by atoms with Crippen LogP contribution in [0, 0.1) is 0 Å². The van der Waals surface area contributed by atoms with Gasteiger partial charge in [-0.05, 0) is 134 Å². The number of anilines is 7. The molecule has 5 heterocycles. The highest BCUT2D eigenvalue weighted by Gasteiger charge is 2.66. The molecular formula is C66H70BN3Si. The Balaban J connectivity index is 1.13. The molecule has 2 saturated carbocycles. The topological polar surface area (TPSA) is 9.72 Å². The molecule has 7 aromatic carbocycles. The number of benzene rings is 7. The Morgan fingerprint density at radius 1 is 0.479 bits per heavy atom. The number of fused-ring (bicyclic) bond motifs is 12. The van der Waals surface area contributed by atoms with Gasteiger partial charge >= 0.3 is 0 Å². The minimum absolute atomic E-state index is 0.000216. The molecular weight excluding hydrogens is 874 g/mol. The van der Waals surface area contributed by atoms with E-state index in [4.69, 9.17) is 0 Å². The third-order valence-corrected chi connectivity index (χ3v) is 25.3. The van der Waals surface area contributed by atoms with Gasteiger partial charge in [0.1, 0.15) is 0 Å². The quantitative estimate of drug-likeness (QED) is 0.163. The molecule has 0 spiro atoms. The summed E-state index contributed by atoms with van der Waals surface area (Å²) in [4.78, 5) is 8.69. The normalized spacial score (nSPS) is 25.9. The molecule has 4 atom stereocenters. The predicted octanol–water partition coefficient (Wildman–Crippen LogP) is 12.1. The molecule has 0 amide bonds. The van der Waals surface area contributed by atoms with E-state index in [0.29, 0.717) is 0 Å². The molecule has 0 radical (unpaired) electrons. The second kappa shape index (κ2) is 14.2. The third kappa shape index (κ3) is 5.27. The molecule has 71 heavy (non-hydrogen) atoms. The fourth-order valence-electron chi connectivity index (χ4n) is 16.6. The second-order valence-electron chi connectivity index (χ2n) is 25.9. The number of hydrogen-bond donors (Lipinski definition) is 0. The average molecular weight is 944 g/mol. The van der Waals surface area contributed by atoms with Gasteiger partial charge in [-0.1, -0.05) is 202 Å². The second-order valence-corrected chi connectivity index (χ2v) is 29.6. The lowest BCUT2D eigenvalue weighted by Gasteiger charge is -2.55. The minimum Gasteiger partial charge on any atom is -0.335 e. The van der Waals surface area contributed by atoms with Crippen LogP contribution in [0.15, 0.2) is 146 Å². The van der Waals surface area contributed by atoms with E-state index in [9.17, 15) is 0 Å². The van der Waals surface area contributed by atoms with Crippen LogP contribution in [0.3, 0.4) is 0 Å². The zero-order chi connectivity index (χ0) is 48.8. The molecule has 4 unspecified atom stereocenters. The van der Waals surface area contributed by atoms with Crippen LogP contribution in [0.25, 0.3) is 0 Å². The smallest absolute Gasteiger partial charge is 0.252 e. The molecule has 356 valence electrons. The maximum absolute atomic E-state index is 3.00. The van der Waals surface area contributed by atoms with E-state index in [1.54, 1.807) is 11.1 Å². The number of nitrogens with zero attached hydrogens (tertiary/aromatic N) is 3. The van der Waals surface area contributed by atoms with Gasteiger partial charge in [-0.25, -0.2) is 0 Å². The highest BCUT2D eigenvalue weighted by molar-refractivity contribution is 7.21. The zero-order valence-electron chi connectivity index (χ0n) is 43.9. The summed E-state index contributed by atoms with van der Waals surface area (Å²) in [6.45, 7) is 25.5. The van der Waals surface area contributed by atoms with Crippen molar-refractivity contribution in [2.45, 2.75) is 153 Å². The van der Waals surface area contributed by atoms with Gasteiger partial charge in [0.05, 0.1) is 16.8 Å². The molecule has 5 aliphatic heterocycles. The summed E-state index contributed by atoms with van der Waals surface area (Å²) in [5.41, 5.74) is 20.4. The van der Waals surface area contributed by atoms with Crippen molar-refractivity contribution >= 4 is 91.7 Å². The van der Waals surface area contributed by atoms with Crippen molar-refractivity contribution in [3.05, 3.63) is 168 Å². The van der Waals surface area contributed by atoms with Crippen molar-refractivity contribution in [2.24, 2.45) is 0 Å². The molecule has 0 saturated heterocycles. The maximum Gasteiger partial charge on any atom is 0.252 e. The molecule has 0 aromatic heterocycles. The molecule has 7 aliphatic rings. The third-order valence-electron chi connectivity index (χ3n) is 20.4. The summed E-state index contributed by atoms with van der Waals surface area (Å²) >= 11 is 0. The Hall–Kier alpha value is -5.78. The van der Waals surface area contributed by atoms with Crippen molar-refractivity contribution in [1.82, 2.24) is 0 Å². The van der Waals surface area contributed by atoms with E-state index in [2.05, 4.69) is 230 Å². The number of hydrogen-bond acceptors (Lipinski definition) is 3. The Labute approximate surface area is 425 Å². The number of rotatable bonds is 3. The van der Waals surface area contributed by atoms with Gasteiger partial charge in [-0.15, -0.1) is 0 Å². The van der Waals surface area contributed by atoms with Gasteiger partial charge in [0, 0.05) is 45.0 Å². The SMILES string of the molecule is CC(C)(C)c1cc2c3c(c1)C1(C)CCCCC1(C)N3c1cc(N3c4ccccc4[Si](c4ccccc4)(c4ccccc4)c4ccccc43)cc3c1B2c1ccc(C(C)(C)C)c2c1N3C1(C)CCCCC21C. The summed E-state index contributed by atoms with van der Waals surface area (Å²) in [5, 5.41) is 5.75. The van der Waals surface area contributed by atoms with E-state index >= 15 is 0 Å². The molecule has 0 N–H and O–H groups in total. The Bertz CT molecular complexity index is 3310. The average Bonchev–Trinajstić information content (AvgIpc) is 3.72. The molecule has 0 bridgehead atoms. The van der Waals surface area contributed by atoms with Crippen molar-refractivity contribution in [3.63, 3.8) is 0 Å². The van der Waals surface area contributed by atoms with E-state index in [1.807, 2.05) is 0 Å². The molecule has 5 heteroatoms. The molecule has 2 aliphatic carbocycles. The maximum atomic E-state index is 3.00. The Kier molecular flexibility index (Phi) is 8.82. The summed E-state index contributed by atoms with van der Waals surface area (Å²) in [7, 11) is -2.82. The lowest BCUT2D eigenvalue weighted by atomic mass is 9.33. The molecule has 2 fully saturated rings. The van der Waals surface area contributed by atoms with E-state index < -0.39 is 8.07 Å². The fraction of sp³-hybridized carbons (Fsp3) is 0.364. The van der Waals surface area contributed by atoms with Crippen LogP contribution in [0.2, 0.25) is 0 Å². The van der Waals surface area contributed by atoms with Gasteiger partial charge < -0.3 is 14.7 Å². The number of para-hydroxylation sites is 2. The summed E-state index contributed by atoms with van der Waals surface area (Å²) in [5.74, 6) is 0. The molecule has 3 nitrogen and oxygen atoms in total. The van der Waals surface area contributed by atoms with Gasteiger partial charge in [-0.3, -0.25) is 0 Å². The van der Waals surface area contributed by atoms with Gasteiger partial charge in [0.15, 0.2) is 8.07 Å². The monoisotopic (exact) mass is 944 g/mol. The first-order valence-corrected chi connectivity index (χ1v) is 29.2. The van der Waals surface area contributed by atoms with Gasteiger partial charge in [0.25, 0.3) is 6.71 Å². The summed E-state index contributed by atoms with van der Waals surface area (Å²) in [6.07, 6.45) is 9.84. The molecule has 14 rings (SSSR count). The van der Waals surface area contributed by atoms with Gasteiger partial charge in [-0.2, -0.15) is 0 Å². The zero-order valence-corrected chi connectivity index (χ0v) is 44.9. The highest BCUT2D eigenvalue weighted by Crippen LogP contribution is 2.66. The minimum atomic E-state index is -2.82. The van der Waals surface area contributed by atoms with Crippen LogP contribution in [-0.2, 0) is 21.7 Å². The lowest BCUT2D eigenvalue weighted by molar-refractivity contribution is 0.192. The van der Waals surface area contributed by atoms with E-state index in [1.165, 1.54) is 139 Å². The van der Waals surface area contributed by atoms with E-state index in [-0.39, 0.29) is 39.5 Å². The standard InChI is InChI=1S/C66H70BN3Si/c1-61(2,3)43-39-48-59-50(40-43)67-49-34-33-47(62(4,5)6)57-60(49)70(66(10)38-24-22-36-64(57,66)8)54-42-44(41-53(58(54)67)69(59)65(9)37-23-21-35-63(48,65)7)68-51-29-17-19-31-55(51)71(45-25-13-11-14-26-45,46-27-15-12-16-28-46)56-32-20-18-30-52(56)68/h11-20,25-34,39-42H,21-24,35-38H2,1-10H3. The van der Waals surface area contributed by atoms with Crippen molar-refractivity contribution in [3.8, 4) is 0 Å². The van der Waals surface area contributed by atoms with Crippen molar-refractivity contribution in [2.75, 3.05) is 14.7 Å². The Morgan fingerprint density at radius 3 is 1.55 bits per heavy atom. The fourth-order valence-corrected chi connectivity index (χ4v) is 21.7. The lowest BCUT2D eigenvalue weighted by Crippen LogP contribution is -2.77. The first kappa shape index (κ1) is 44.0. The van der Waals surface area contributed by atoms with Crippen molar-refractivity contribution < 1.29 is 0 Å². The highest BCUT2D eigenvalue weighted by atomic mass is 28.3. The van der Waals surface area contributed by atoms with Crippen LogP contribution in [0.4, 0.5) is 39.8 Å². The summed E-state index contributed by atoms with van der Waals surface area (Å²) in [6, 6.07) is 58.1. The molecule has 7 aromatic rings. The van der Waals surface area contributed by atoms with Crippen LogP contribution < -0.4 is 51.8 Å². The van der Waals surface area contributed by atoms with Crippen LogP contribution in [0.1, 0.15) is 143 Å². The largest absolute Gasteiger partial charge is 0.335 e. The van der Waals surface area contributed by atoms with Crippen LogP contribution >= 0.6 is 0 Å². The van der Waals surface area contributed by atoms with E-state index in [0.717, 1.165) is 0 Å². The first-order valence-electron chi connectivity index (χ1n) is 27.2. The first-order chi connectivity index (χ1) is 34.0. The summed E-state index contributed by atoms with van der Waals surface area (Å²) < 4.78 is 0. The van der Waals surface area contributed by atoms with Crippen LogP contribution in [-0.4, -0.2) is 25.9 Å². The Morgan fingerprint density at radius 2 is 0.986 bits per heavy atom. The van der Waals surface area contributed by atoms with Crippen molar-refractivity contribution in [1.29, 1.82) is 0 Å². The predicted molar refractivity (Wildman–Crippen MR) is 306 cm³/mol.